The van der Waals surface area contributed by atoms with Gasteiger partial charge < -0.3 is 9.47 Å². The van der Waals surface area contributed by atoms with Crippen molar-refractivity contribution in [2.45, 2.75) is 45.8 Å². The lowest BCUT2D eigenvalue weighted by molar-refractivity contribution is -0.165. The van der Waals surface area contributed by atoms with Gasteiger partial charge in [-0.3, -0.25) is 9.59 Å². The molecule has 1 unspecified atom stereocenters. The molecule has 1 fully saturated rings. The standard InChI is InChI=1S/C16H20O4/c1-16(2)9-13(20-15(18)10-16)8-14(17)19-11-12-6-4-3-5-7-12/h3-7,13H,8-11H2,1-2H3. The van der Waals surface area contributed by atoms with Crippen molar-refractivity contribution in [3.05, 3.63) is 35.9 Å². The quantitative estimate of drug-likeness (QED) is 0.793. The second kappa shape index (κ2) is 6.07. The molecular formula is C16H20O4. The number of hydrogen-bond donors (Lipinski definition) is 0. The van der Waals surface area contributed by atoms with Gasteiger partial charge in [0.15, 0.2) is 0 Å². The summed E-state index contributed by atoms with van der Waals surface area (Å²) in [5.74, 6) is -0.563. The Bertz CT molecular complexity index is 479. The fourth-order valence-electron chi connectivity index (χ4n) is 2.45. The smallest absolute Gasteiger partial charge is 0.309 e. The van der Waals surface area contributed by atoms with Gasteiger partial charge in [-0.1, -0.05) is 44.2 Å². The van der Waals surface area contributed by atoms with Crippen molar-refractivity contribution < 1.29 is 19.1 Å². The Morgan fingerprint density at radius 3 is 2.70 bits per heavy atom. The summed E-state index contributed by atoms with van der Waals surface area (Å²) in [6.45, 7) is 4.27. The average molecular weight is 276 g/mol. The molecule has 4 heteroatoms. The van der Waals surface area contributed by atoms with Crippen molar-refractivity contribution in [2.24, 2.45) is 5.41 Å². The van der Waals surface area contributed by atoms with Gasteiger partial charge in [0.2, 0.25) is 0 Å². The van der Waals surface area contributed by atoms with Crippen LogP contribution in [0.2, 0.25) is 0 Å². The van der Waals surface area contributed by atoms with Crippen molar-refractivity contribution in [1.29, 1.82) is 0 Å². The predicted octanol–water partition coefficient (Wildman–Crippen LogP) is 2.85. The van der Waals surface area contributed by atoms with Crippen LogP contribution in [0.3, 0.4) is 0 Å². The molecule has 1 saturated heterocycles. The molecule has 1 aliphatic rings. The normalized spacial score (nSPS) is 21.1. The van der Waals surface area contributed by atoms with Crippen LogP contribution in [0.15, 0.2) is 30.3 Å². The summed E-state index contributed by atoms with van der Waals surface area (Å²) < 4.78 is 10.4. The molecule has 108 valence electrons. The lowest BCUT2D eigenvalue weighted by Gasteiger charge is -2.33. The molecule has 4 nitrogen and oxygen atoms in total. The molecule has 1 aromatic rings. The van der Waals surface area contributed by atoms with E-state index in [0.717, 1.165) is 5.56 Å². The van der Waals surface area contributed by atoms with Crippen LogP contribution in [-0.4, -0.2) is 18.0 Å². The Kier molecular flexibility index (Phi) is 4.42. The van der Waals surface area contributed by atoms with Crippen LogP contribution >= 0.6 is 0 Å². The zero-order valence-corrected chi connectivity index (χ0v) is 11.9. The van der Waals surface area contributed by atoms with Gasteiger partial charge in [0.25, 0.3) is 0 Å². The van der Waals surface area contributed by atoms with Gasteiger partial charge in [-0.25, -0.2) is 0 Å². The fraction of sp³-hybridized carbons (Fsp3) is 0.500. The first-order valence-corrected chi connectivity index (χ1v) is 6.84. The number of benzene rings is 1. The molecule has 2 rings (SSSR count). The molecule has 0 aromatic heterocycles. The van der Waals surface area contributed by atoms with Crippen molar-refractivity contribution in [2.75, 3.05) is 0 Å². The van der Waals surface area contributed by atoms with Gasteiger partial charge in [0, 0.05) is 0 Å². The molecule has 0 bridgehead atoms. The van der Waals surface area contributed by atoms with Gasteiger partial charge in [-0.2, -0.15) is 0 Å². The van der Waals surface area contributed by atoms with E-state index in [1.165, 1.54) is 0 Å². The van der Waals surface area contributed by atoms with E-state index in [9.17, 15) is 9.59 Å². The number of esters is 2. The lowest BCUT2D eigenvalue weighted by Crippen LogP contribution is -2.36. The minimum absolute atomic E-state index is 0.111. The number of ether oxygens (including phenoxy) is 2. The molecule has 0 radical (unpaired) electrons. The van der Waals surface area contributed by atoms with E-state index >= 15 is 0 Å². The van der Waals surface area contributed by atoms with Crippen LogP contribution in [0, 0.1) is 5.41 Å². The maximum absolute atomic E-state index is 11.8. The highest BCUT2D eigenvalue weighted by Gasteiger charge is 2.35. The first-order valence-electron chi connectivity index (χ1n) is 6.84. The van der Waals surface area contributed by atoms with Crippen LogP contribution in [-0.2, 0) is 25.7 Å². The molecular weight excluding hydrogens is 256 g/mol. The van der Waals surface area contributed by atoms with Crippen LogP contribution in [0.4, 0.5) is 0 Å². The molecule has 1 heterocycles. The lowest BCUT2D eigenvalue weighted by atomic mass is 9.81. The topological polar surface area (TPSA) is 52.6 Å². The SMILES string of the molecule is CC1(C)CC(=O)OC(CC(=O)OCc2ccccc2)C1. The Morgan fingerprint density at radius 1 is 1.35 bits per heavy atom. The van der Waals surface area contributed by atoms with E-state index in [4.69, 9.17) is 9.47 Å². The van der Waals surface area contributed by atoms with Crippen molar-refractivity contribution in [3.63, 3.8) is 0 Å². The maximum Gasteiger partial charge on any atom is 0.309 e. The van der Waals surface area contributed by atoms with Crippen molar-refractivity contribution >= 4 is 11.9 Å². The third-order valence-electron chi connectivity index (χ3n) is 3.34. The summed E-state index contributed by atoms with van der Waals surface area (Å²) in [5, 5.41) is 0. The highest BCUT2D eigenvalue weighted by atomic mass is 16.6. The monoisotopic (exact) mass is 276 g/mol. The minimum Gasteiger partial charge on any atom is -0.462 e. The third kappa shape index (κ3) is 4.37. The Hall–Kier alpha value is -1.84. The van der Waals surface area contributed by atoms with Gasteiger partial charge in [0.05, 0.1) is 12.8 Å². The second-order valence-electron chi connectivity index (χ2n) is 6.01. The molecule has 0 spiro atoms. The predicted molar refractivity (Wildman–Crippen MR) is 73.8 cm³/mol. The van der Waals surface area contributed by atoms with E-state index in [0.29, 0.717) is 12.8 Å². The zero-order valence-electron chi connectivity index (χ0n) is 11.9. The number of rotatable bonds is 4. The molecule has 1 atom stereocenters. The van der Waals surface area contributed by atoms with Crippen LogP contribution in [0.1, 0.15) is 38.7 Å². The summed E-state index contributed by atoms with van der Waals surface area (Å²) in [4.78, 5) is 23.3. The summed E-state index contributed by atoms with van der Waals surface area (Å²) in [7, 11) is 0. The number of carbonyl (C=O) groups is 2. The summed E-state index contributed by atoms with van der Waals surface area (Å²) in [6.07, 6.45) is 0.860. The van der Waals surface area contributed by atoms with Gasteiger partial charge in [0.1, 0.15) is 12.7 Å². The van der Waals surface area contributed by atoms with E-state index in [1.54, 1.807) is 0 Å². The summed E-state index contributed by atoms with van der Waals surface area (Å²) in [6, 6.07) is 9.51. The van der Waals surface area contributed by atoms with E-state index < -0.39 is 0 Å². The Morgan fingerprint density at radius 2 is 2.05 bits per heavy atom. The molecule has 1 aliphatic heterocycles. The van der Waals surface area contributed by atoms with E-state index in [-0.39, 0.29) is 36.5 Å². The Balaban J connectivity index is 1.81. The third-order valence-corrected chi connectivity index (χ3v) is 3.34. The largest absolute Gasteiger partial charge is 0.462 e. The van der Waals surface area contributed by atoms with Gasteiger partial charge in [-0.15, -0.1) is 0 Å². The van der Waals surface area contributed by atoms with Crippen LogP contribution < -0.4 is 0 Å². The molecule has 0 aliphatic carbocycles. The van der Waals surface area contributed by atoms with E-state index in [2.05, 4.69) is 0 Å². The first kappa shape index (κ1) is 14.6. The maximum atomic E-state index is 11.8. The molecule has 0 saturated carbocycles. The van der Waals surface area contributed by atoms with E-state index in [1.807, 2.05) is 44.2 Å². The van der Waals surface area contributed by atoms with Crippen LogP contribution in [0.5, 0.6) is 0 Å². The van der Waals surface area contributed by atoms with Crippen molar-refractivity contribution in [1.82, 2.24) is 0 Å². The van der Waals surface area contributed by atoms with Gasteiger partial charge in [-0.05, 0) is 17.4 Å². The summed E-state index contributed by atoms with van der Waals surface area (Å²) in [5.41, 5.74) is 0.835. The van der Waals surface area contributed by atoms with Gasteiger partial charge >= 0.3 is 11.9 Å². The highest BCUT2D eigenvalue weighted by molar-refractivity contribution is 5.74. The number of carbonyl (C=O) groups excluding carboxylic acids is 2. The molecule has 0 amide bonds. The minimum atomic E-state index is -0.366. The number of cyclic esters (lactones) is 1. The number of hydrogen-bond acceptors (Lipinski definition) is 4. The second-order valence-corrected chi connectivity index (χ2v) is 6.01. The molecule has 20 heavy (non-hydrogen) atoms. The summed E-state index contributed by atoms with van der Waals surface area (Å²) >= 11 is 0. The average Bonchev–Trinajstić information content (AvgIpc) is 2.35. The highest BCUT2D eigenvalue weighted by Crippen LogP contribution is 2.34. The van der Waals surface area contributed by atoms with Crippen LogP contribution in [0.25, 0.3) is 0 Å². The fourth-order valence-corrected chi connectivity index (χ4v) is 2.45. The first-order chi connectivity index (χ1) is 9.44. The molecule has 1 aromatic carbocycles. The molecule has 0 N–H and O–H groups in total. The van der Waals surface area contributed by atoms with Crippen molar-refractivity contribution in [3.8, 4) is 0 Å². The Labute approximate surface area is 119 Å². The zero-order chi connectivity index (χ0) is 14.6.